The topological polar surface area (TPSA) is 40.5 Å². The van der Waals surface area contributed by atoms with Crippen LogP contribution in [0.1, 0.15) is 25.7 Å². The van der Waals surface area contributed by atoms with Crippen molar-refractivity contribution in [2.75, 3.05) is 12.8 Å². The molecule has 1 aliphatic rings. The van der Waals surface area contributed by atoms with Gasteiger partial charge in [0.1, 0.15) is 0 Å². The number of thioether (sulfide) groups is 1. The van der Waals surface area contributed by atoms with Gasteiger partial charge in [-0.1, -0.05) is 36.6 Å². The highest BCUT2D eigenvalue weighted by molar-refractivity contribution is 8.00. The van der Waals surface area contributed by atoms with Crippen LogP contribution in [0.5, 0.6) is 0 Å². The standard InChI is InChI=1S/C15H20ClNO2S/c1-17(12-7-3-4-8-13(12)18)15(19)10-20-14-9-5-2-6-11(14)16/h2,5-6,9,12-13,18H,3-4,7-8,10H2,1H3. The van der Waals surface area contributed by atoms with Gasteiger partial charge in [0.15, 0.2) is 0 Å². The average Bonchev–Trinajstić information content (AvgIpc) is 2.46. The van der Waals surface area contributed by atoms with E-state index in [0.717, 1.165) is 30.6 Å². The number of hydrogen-bond donors (Lipinski definition) is 1. The van der Waals surface area contributed by atoms with Crippen LogP contribution in [0.2, 0.25) is 5.02 Å². The van der Waals surface area contributed by atoms with Crippen LogP contribution in [-0.2, 0) is 4.79 Å². The number of hydrogen-bond acceptors (Lipinski definition) is 3. The van der Waals surface area contributed by atoms with Gasteiger partial charge in [0, 0.05) is 11.9 Å². The monoisotopic (exact) mass is 313 g/mol. The molecule has 1 aromatic rings. The normalized spacial score (nSPS) is 22.6. The molecule has 0 radical (unpaired) electrons. The summed E-state index contributed by atoms with van der Waals surface area (Å²) < 4.78 is 0. The Morgan fingerprint density at radius 1 is 1.40 bits per heavy atom. The summed E-state index contributed by atoms with van der Waals surface area (Å²) in [6.45, 7) is 0. The van der Waals surface area contributed by atoms with Gasteiger partial charge in [0.2, 0.25) is 5.91 Å². The highest BCUT2D eigenvalue weighted by Crippen LogP contribution is 2.28. The van der Waals surface area contributed by atoms with Gasteiger partial charge in [-0.2, -0.15) is 0 Å². The number of carbonyl (C=O) groups is 1. The lowest BCUT2D eigenvalue weighted by atomic mass is 9.91. The van der Waals surface area contributed by atoms with Gasteiger partial charge in [0.05, 0.1) is 22.9 Å². The second-order valence-electron chi connectivity index (χ2n) is 5.14. The Kier molecular flexibility index (Phi) is 5.75. The Bertz CT molecular complexity index is 469. The highest BCUT2D eigenvalue weighted by atomic mass is 35.5. The number of amides is 1. The molecule has 0 aromatic heterocycles. The van der Waals surface area contributed by atoms with Crippen molar-refractivity contribution in [3.05, 3.63) is 29.3 Å². The molecule has 1 amide bonds. The predicted octanol–water partition coefficient (Wildman–Crippen LogP) is 3.19. The molecule has 20 heavy (non-hydrogen) atoms. The lowest BCUT2D eigenvalue weighted by Crippen LogP contribution is -2.46. The summed E-state index contributed by atoms with van der Waals surface area (Å²) in [7, 11) is 1.79. The van der Waals surface area contributed by atoms with Gasteiger partial charge in [0.25, 0.3) is 0 Å². The quantitative estimate of drug-likeness (QED) is 0.868. The number of aliphatic hydroxyl groups is 1. The molecule has 3 nitrogen and oxygen atoms in total. The minimum Gasteiger partial charge on any atom is -0.391 e. The molecule has 1 fully saturated rings. The van der Waals surface area contributed by atoms with Gasteiger partial charge in [-0.15, -0.1) is 11.8 Å². The molecule has 0 spiro atoms. The summed E-state index contributed by atoms with van der Waals surface area (Å²) >= 11 is 7.52. The van der Waals surface area contributed by atoms with Crippen molar-refractivity contribution >= 4 is 29.3 Å². The van der Waals surface area contributed by atoms with E-state index in [0.29, 0.717) is 10.8 Å². The summed E-state index contributed by atoms with van der Waals surface area (Å²) in [4.78, 5) is 14.8. The van der Waals surface area contributed by atoms with Crippen LogP contribution < -0.4 is 0 Å². The van der Waals surface area contributed by atoms with E-state index < -0.39 is 0 Å². The first-order valence-corrected chi connectivity index (χ1v) is 8.27. The maximum absolute atomic E-state index is 12.2. The van der Waals surface area contributed by atoms with E-state index in [-0.39, 0.29) is 18.1 Å². The van der Waals surface area contributed by atoms with Gasteiger partial charge < -0.3 is 10.0 Å². The third kappa shape index (κ3) is 3.90. The van der Waals surface area contributed by atoms with Crippen LogP contribution >= 0.6 is 23.4 Å². The Balaban J connectivity index is 1.89. The summed E-state index contributed by atoms with van der Waals surface area (Å²) in [5.74, 6) is 0.393. The fourth-order valence-electron chi connectivity index (χ4n) is 2.53. The van der Waals surface area contributed by atoms with Crippen molar-refractivity contribution in [1.29, 1.82) is 0 Å². The molecule has 110 valence electrons. The van der Waals surface area contributed by atoms with E-state index in [4.69, 9.17) is 11.6 Å². The van der Waals surface area contributed by atoms with E-state index in [1.807, 2.05) is 24.3 Å². The molecule has 1 saturated carbocycles. The first-order valence-electron chi connectivity index (χ1n) is 6.90. The second-order valence-corrected chi connectivity index (χ2v) is 6.57. The van der Waals surface area contributed by atoms with Gasteiger partial charge in [-0.3, -0.25) is 4.79 Å². The third-order valence-electron chi connectivity index (χ3n) is 3.77. The molecular weight excluding hydrogens is 294 g/mol. The largest absolute Gasteiger partial charge is 0.391 e. The zero-order chi connectivity index (χ0) is 14.5. The molecule has 1 aromatic carbocycles. The number of carbonyl (C=O) groups excluding carboxylic acids is 1. The molecule has 0 saturated heterocycles. The molecule has 0 bridgehead atoms. The lowest BCUT2D eigenvalue weighted by molar-refractivity contribution is -0.132. The Hall–Kier alpha value is -0.710. The summed E-state index contributed by atoms with van der Waals surface area (Å²) in [5, 5.41) is 10.7. The summed E-state index contributed by atoms with van der Waals surface area (Å²) in [6.07, 6.45) is 3.42. The lowest BCUT2D eigenvalue weighted by Gasteiger charge is -2.35. The minimum absolute atomic E-state index is 0.0388. The van der Waals surface area contributed by atoms with E-state index in [9.17, 15) is 9.90 Å². The first kappa shape index (κ1) is 15.7. The van der Waals surface area contributed by atoms with Crippen molar-refractivity contribution in [2.24, 2.45) is 0 Å². The van der Waals surface area contributed by atoms with Crippen LogP contribution in [0.3, 0.4) is 0 Å². The molecule has 2 rings (SSSR count). The minimum atomic E-state index is -0.386. The van der Waals surface area contributed by atoms with Gasteiger partial charge >= 0.3 is 0 Å². The number of rotatable bonds is 4. The molecule has 2 atom stereocenters. The molecule has 0 heterocycles. The molecular formula is C15H20ClNO2S. The van der Waals surface area contributed by atoms with Crippen molar-refractivity contribution in [3.63, 3.8) is 0 Å². The summed E-state index contributed by atoms with van der Waals surface area (Å²) in [5.41, 5.74) is 0. The molecule has 1 N–H and O–H groups in total. The number of benzene rings is 1. The van der Waals surface area contributed by atoms with Crippen molar-refractivity contribution in [1.82, 2.24) is 4.90 Å². The van der Waals surface area contributed by atoms with Crippen LogP contribution in [0.15, 0.2) is 29.2 Å². The smallest absolute Gasteiger partial charge is 0.233 e. The first-order chi connectivity index (χ1) is 9.59. The fraction of sp³-hybridized carbons (Fsp3) is 0.533. The predicted molar refractivity (Wildman–Crippen MR) is 83.2 cm³/mol. The molecule has 1 aliphatic carbocycles. The van der Waals surface area contributed by atoms with Gasteiger partial charge in [-0.25, -0.2) is 0 Å². The zero-order valence-corrected chi connectivity index (χ0v) is 13.2. The van der Waals surface area contributed by atoms with Crippen LogP contribution in [0.4, 0.5) is 0 Å². The molecule has 2 unspecified atom stereocenters. The number of aliphatic hydroxyl groups excluding tert-OH is 1. The van der Waals surface area contributed by atoms with Crippen LogP contribution in [0.25, 0.3) is 0 Å². The molecule has 5 heteroatoms. The van der Waals surface area contributed by atoms with Crippen molar-refractivity contribution in [3.8, 4) is 0 Å². The van der Waals surface area contributed by atoms with Crippen molar-refractivity contribution < 1.29 is 9.90 Å². The van der Waals surface area contributed by atoms with E-state index in [1.165, 1.54) is 11.8 Å². The fourth-order valence-corrected chi connectivity index (χ4v) is 3.69. The SMILES string of the molecule is CN(C(=O)CSc1ccccc1Cl)C1CCCCC1O. The van der Waals surface area contributed by atoms with E-state index in [1.54, 1.807) is 11.9 Å². The van der Waals surface area contributed by atoms with E-state index in [2.05, 4.69) is 0 Å². The molecule has 0 aliphatic heterocycles. The average molecular weight is 314 g/mol. The van der Waals surface area contributed by atoms with E-state index >= 15 is 0 Å². The summed E-state index contributed by atoms with van der Waals surface area (Å²) in [6, 6.07) is 7.48. The number of nitrogens with zero attached hydrogens (tertiary/aromatic N) is 1. The van der Waals surface area contributed by atoms with Gasteiger partial charge in [-0.05, 0) is 25.0 Å². The van der Waals surface area contributed by atoms with Crippen LogP contribution in [-0.4, -0.2) is 40.9 Å². The maximum Gasteiger partial charge on any atom is 0.233 e. The Morgan fingerprint density at radius 2 is 2.10 bits per heavy atom. The highest BCUT2D eigenvalue weighted by Gasteiger charge is 2.29. The van der Waals surface area contributed by atoms with Crippen LogP contribution in [0, 0.1) is 0 Å². The van der Waals surface area contributed by atoms with Crippen molar-refractivity contribution in [2.45, 2.75) is 42.7 Å². The second kappa shape index (κ2) is 7.34. The zero-order valence-electron chi connectivity index (χ0n) is 11.6. The number of halogens is 1. The maximum atomic E-state index is 12.2. The Labute approximate surface area is 129 Å². The Morgan fingerprint density at radius 3 is 2.80 bits per heavy atom. The third-order valence-corrected chi connectivity index (χ3v) is 5.27. The number of likely N-dealkylation sites (N-methyl/N-ethyl adjacent to an activating group) is 1.